The van der Waals surface area contributed by atoms with Crippen LogP contribution in [-0.2, 0) is 28.7 Å². The zero-order valence-corrected chi connectivity index (χ0v) is 25.0. The van der Waals surface area contributed by atoms with Crippen LogP contribution in [0.1, 0.15) is 32.7 Å². The normalized spacial score (nSPS) is 12.9. The van der Waals surface area contributed by atoms with Crippen LogP contribution in [0, 0.1) is 6.92 Å². The number of fused-ring (bicyclic) bond motifs is 1. The second kappa shape index (κ2) is 13.0. The Labute approximate surface area is 264 Å². The number of thiazole rings is 1. The Morgan fingerprint density at radius 3 is 2.41 bits per heavy atom. The highest BCUT2D eigenvalue weighted by Gasteiger charge is 2.33. The number of halogens is 3. The van der Waals surface area contributed by atoms with Crippen LogP contribution in [0.25, 0.3) is 11.0 Å². The van der Waals surface area contributed by atoms with Crippen LogP contribution in [0.2, 0.25) is 0 Å². The Bertz CT molecular complexity index is 1920. The van der Waals surface area contributed by atoms with Gasteiger partial charge in [0.1, 0.15) is 5.75 Å². The van der Waals surface area contributed by atoms with Gasteiger partial charge < -0.3 is 26.5 Å². The van der Waals surface area contributed by atoms with Crippen molar-refractivity contribution in [1.82, 2.24) is 14.5 Å². The third-order valence-electron chi connectivity index (χ3n) is 7.05. The van der Waals surface area contributed by atoms with E-state index in [1.165, 1.54) is 58.4 Å². The minimum atomic E-state index is -4.58. The number of hydrogen-bond donors (Lipinski definition) is 5. The number of amides is 2. The lowest BCUT2D eigenvalue weighted by Crippen LogP contribution is -2.50. The van der Waals surface area contributed by atoms with Gasteiger partial charge in [-0.25, -0.2) is 9.97 Å². The summed E-state index contributed by atoms with van der Waals surface area (Å²) in [6.07, 6.45) is -4.52. The Kier molecular flexibility index (Phi) is 9.07. The van der Waals surface area contributed by atoms with Crippen LogP contribution in [0.3, 0.4) is 0 Å². The quantitative estimate of drug-likeness (QED) is 0.132. The molecule has 0 unspecified atom stereocenters. The van der Waals surface area contributed by atoms with Gasteiger partial charge in [-0.1, -0.05) is 24.3 Å². The molecule has 0 spiro atoms. The molecule has 0 aliphatic heterocycles. The van der Waals surface area contributed by atoms with Crippen LogP contribution < -0.4 is 22.1 Å². The van der Waals surface area contributed by atoms with Crippen molar-refractivity contribution >= 4 is 51.0 Å². The molecule has 11 nitrogen and oxygen atoms in total. The van der Waals surface area contributed by atoms with Crippen LogP contribution >= 0.6 is 11.3 Å². The number of Topliss-reactive ketones (excluding diaryl/α,β-unsaturated/α-hetero) is 1. The highest BCUT2D eigenvalue weighted by Crippen LogP contribution is 2.31. The van der Waals surface area contributed by atoms with Crippen molar-refractivity contribution in [2.24, 2.45) is 11.5 Å². The average molecular weight is 652 g/mol. The molecule has 0 fully saturated rings. The zero-order chi connectivity index (χ0) is 33.2. The number of rotatable bonds is 11. The predicted molar refractivity (Wildman–Crippen MR) is 166 cm³/mol. The highest BCUT2D eigenvalue weighted by molar-refractivity contribution is 7.13. The number of benzene rings is 3. The number of nitrogens with zero attached hydrogens (tertiary/aromatic N) is 3. The largest absolute Gasteiger partial charge is 0.508 e. The minimum Gasteiger partial charge on any atom is -0.508 e. The molecule has 0 radical (unpaired) electrons. The Hall–Kier alpha value is -5.28. The minimum absolute atomic E-state index is 0.0395. The van der Waals surface area contributed by atoms with Crippen molar-refractivity contribution in [3.63, 3.8) is 0 Å². The van der Waals surface area contributed by atoms with Crippen molar-refractivity contribution in [2.45, 2.75) is 38.1 Å². The van der Waals surface area contributed by atoms with E-state index in [-0.39, 0.29) is 46.4 Å². The van der Waals surface area contributed by atoms with Crippen molar-refractivity contribution < 1.29 is 32.7 Å². The summed E-state index contributed by atoms with van der Waals surface area (Å²) < 4.78 is 41.8. The molecule has 15 heteroatoms. The van der Waals surface area contributed by atoms with E-state index in [4.69, 9.17) is 11.5 Å². The first-order valence-corrected chi connectivity index (χ1v) is 14.7. The predicted octanol–water partition coefficient (Wildman–Crippen LogP) is 4.23. The number of anilines is 2. The second-order valence-electron chi connectivity index (χ2n) is 10.5. The number of aryl methyl sites for hydroxylation is 1. The summed E-state index contributed by atoms with van der Waals surface area (Å²) in [7, 11) is 0. The summed E-state index contributed by atoms with van der Waals surface area (Å²) in [6.45, 7) is 1.59. The maximum atomic E-state index is 13.8. The first-order chi connectivity index (χ1) is 21.8. The molecule has 238 valence electrons. The van der Waals surface area contributed by atoms with Crippen molar-refractivity contribution in [2.75, 3.05) is 10.6 Å². The molecular formula is C31H28F3N7O4S. The molecule has 2 atom stereocenters. The molecule has 0 aliphatic rings. The number of phenolic OH excluding ortho intramolecular Hbond substituents is 1. The van der Waals surface area contributed by atoms with Gasteiger partial charge in [0.15, 0.2) is 17.0 Å². The summed E-state index contributed by atoms with van der Waals surface area (Å²) in [5, 5.41) is 17.1. The number of carbonyl (C=O) groups is 3. The highest BCUT2D eigenvalue weighted by atomic mass is 32.1. The number of alkyl halides is 3. The molecule has 0 aliphatic carbocycles. The summed E-state index contributed by atoms with van der Waals surface area (Å²) >= 11 is 1.17. The van der Waals surface area contributed by atoms with Crippen molar-refractivity contribution in [1.29, 1.82) is 0 Å². The van der Waals surface area contributed by atoms with E-state index in [1.807, 2.05) is 0 Å². The fraction of sp³-hybridized carbons (Fsp3) is 0.194. The van der Waals surface area contributed by atoms with E-state index in [0.29, 0.717) is 16.8 Å². The number of primary amides is 1. The number of nitrogens with one attached hydrogen (secondary N) is 2. The number of carbonyl (C=O) groups excluding carboxylic acids is 3. The lowest BCUT2D eigenvalue weighted by Gasteiger charge is -2.21. The molecule has 46 heavy (non-hydrogen) atoms. The van der Waals surface area contributed by atoms with Gasteiger partial charge in [-0.15, -0.1) is 11.3 Å². The van der Waals surface area contributed by atoms with Gasteiger partial charge in [-0.3, -0.25) is 19.7 Å². The van der Waals surface area contributed by atoms with E-state index < -0.39 is 41.4 Å². The van der Waals surface area contributed by atoms with Gasteiger partial charge in [0.25, 0.3) is 5.91 Å². The fourth-order valence-corrected chi connectivity index (χ4v) is 5.48. The van der Waals surface area contributed by atoms with E-state index in [2.05, 4.69) is 20.6 Å². The van der Waals surface area contributed by atoms with Gasteiger partial charge >= 0.3 is 6.18 Å². The first kappa shape index (κ1) is 32.1. The molecule has 0 saturated carbocycles. The molecule has 2 heterocycles. The van der Waals surface area contributed by atoms with E-state index in [0.717, 1.165) is 12.1 Å². The lowest BCUT2D eigenvalue weighted by atomic mass is 9.98. The van der Waals surface area contributed by atoms with E-state index in [1.54, 1.807) is 24.4 Å². The second-order valence-corrected chi connectivity index (χ2v) is 11.4. The summed E-state index contributed by atoms with van der Waals surface area (Å²) in [5.41, 5.74) is 13.1. The Morgan fingerprint density at radius 1 is 1.02 bits per heavy atom. The third-order valence-corrected chi connectivity index (χ3v) is 7.95. The molecule has 5 aromatic rings. The number of imidazole rings is 1. The number of nitrogens with two attached hydrogens (primary N) is 2. The fourth-order valence-electron chi connectivity index (χ4n) is 4.76. The summed E-state index contributed by atoms with van der Waals surface area (Å²) in [6, 6.07) is 12.4. The average Bonchev–Trinajstić information content (AvgIpc) is 3.58. The van der Waals surface area contributed by atoms with Crippen LogP contribution in [0.15, 0.2) is 72.1 Å². The smallest absolute Gasteiger partial charge is 0.416 e. The monoisotopic (exact) mass is 651 g/mol. The number of aromatic nitrogens is 3. The molecule has 3 aromatic carbocycles. The van der Waals surface area contributed by atoms with Crippen LogP contribution in [-0.4, -0.2) is 49.3 Å². The molecule has 5 rings (SSSR count). The third kappa shape index (κ3) is 7.33. The van der Waals surface area contributed by atoms with Gasteiger partial charge in [-0.05, 0) is 66.9 Å². The number of phenols is 1. The molecule has 0 saturated heterocycles. The SMILES string of the molecule is Cc1csc(N[C@H](C(=O)Nc2nc3cc(C(N)=O)ccc3n2Cc2cccc(C(F)(F)F)c2)C(=O)[C@@H](N)Cc2ccc(O)cc2)n1. The molecule has 0 bridgehead atoms. The van der Waals surface area contributed by atoms with Gasteiger partial charge in [-0.2, -0.15) is 13.2 Å². The first-order valence-electron chi connectivity index (χ1n) is 13.8. The number of ketones is 1. The molecular weight excluding hydrogens is 623 g/mol. The molecule has 7 N–H and O–H groups in total. The lowest BCUT2D eigenvalue weighted by molar-refractivity contribution is -0.137. The maximum absolute atomic E-state index is 13.8. The van der Waals surface area contributed by atoms with Gasteiger partial charge in [0.2, 0.25) is 11.9 Å². The van der Waals surface area contributed by atoms with Crippen molar-refractivity contribution in [3.05, 3.63) is 100 Å². The van der Waals surface area contributed by atoms with Crippen LogP contribution in [0.4, 0.5) is 24.3 Å². The number of hydrogen-bond acceptors (Lipinski definition) is 9. The standard InChI is InChI=1S/C31H28F3N7O4S/c1-16-15-46-30(37-16)39-25(26(43)22(35)12-17-5-8-21(42)9-6-17)28(45)40-29-38-23-13-19(27(36)44)7-10-24(23)41(29)14-18-3-2-4-20(11-18)31(32,33)34/h2-11,13,15,22,25,42H,12,14,35H2,1H3,(H2,36,44)(H,37,39)(H,38,40,45)/t22-,25-/m0/s1. The summed E-state index contributed by atoms with van der Waals surface area (Å²) in [4.78, 5) is 48.0. The maximum Gasteiger partial charge on any atom is 0.416 e. The number of aromatic hydroxyl groups is 1. The molecule has 2 amide bonds. The Morgan fingerprint density at radius 2 is 1.76 bits per heavy atom. The van der Waals surface area contributed by atoms with Gasteiger partial charge in [0.05, 0.1) is 34.9 Å². The topological polar surface area (TPSA) is 178 Å². The van der Waals surface area contributed by atoms with Gasteiger partial charge in [0, 0.05) is 10.9 Å². The summed E-state index contributed by atoms with van der Waals surface area (Å²) in [5.74, 6) is -2.31. The van der Waals surface area contributed by atoms with Crippen molar-refractivity contribution in [3.8, 4) is 5.75 Å². The molecule has 2 aromatic heterocycles. The van der Waals surface area contributed by atoms with E-state index in [9.17, 15) is 32.7 Å². The zero-order valence-electron chi connectivity index (χ0n) is 24.2. The van der Waals surface area contributed by atoms with Crippen LogP contribution in [0.5, 0.6) is 5.75 Å². The Balaban J connectivity index is 1.50. The van der Waals surface area contributed by atoms with E-state index >= 15 is 0 Å².